The highest BCUT2D eigenvalue weighted by Gasteiger charge is 2.31. The standard InChI is InChI=1S/C52H75Br2N3O14/c1-57(2,3)32-38(69-52(65)56-25-21-17-13-9-5-7-11-15-19-23-48(61)67-34-37-27-50(63)71-46-31-44(59)42(54)29-40(37)46)35-68-51(64)55-24-20-16-12-8-4-6-10-14-18-22-47(60)66-33-36-26-49(62)70-45-30-43(58)41(53)28-39(36)45/h28-31,36-38H,4-27,32-35H2,1-3H3,(H3-,55,56,58,59,64,65)/p+1. The maximum atomic E-state index is 12.6. The third-order valence-electron chi connectivity index (χ3n) is 12.3. The highest BCUT2D eigenvalue weighted by Crippen LogP contribution is 2.42. The number of fused-ring (bicyclic) bond motifs is 2. The van der Waals surface area contributed by atoms with Gasteiger partial charge >= 0.3 is 36.1 Å². The molecule has 0 saturated heterocycles. The van der Waals surface area contributed by atoms with Gasteiger partial charge in [-0.3, -0.25) is 19.2 Å². The van der Waals surface area contributed by atoms with Crippen LogP contribution in [0.15, 0.2) is 33.2 Å². The van der Waals surface area contributed by atoms with Gasteiger partial charge < -0.3 is 53.8 Å². The van der Waals surface area contributed by atoms with E-state index >= 15 is 0 Å². The summed E-state index contributed by atoms with van der Waals surface area (Å²) in [7, 11) is 5.94. The molecule has 0 radical (unpaired) electrons. The van der Waals surface area contributed by atoms with Gasteiger partial charge in [0.1, 0.15) is 36.1 Å². The highest BCUT2D eigenvalue weighted by atomic mass is 79.9. The lowest BCUT2D eigenvalue weighted by Crippen LogP contribution is -2.46. The number of rotatable bonds is 33. The van der Waals surface area contributed by atoms with E-state index in [-0.39, 0.29) is 79.4 Å². The van der Waals surface area contributed by atoms with Gasteiger partial charge in [0.05, 0.1) is 56.1 Å². The summed E-state index contributed by atoms with van der Waals surface area (Å²) in [5.41, 5.74) is 1.44. The van der Waals surface area contributed by atoms with E-state index in [2.05, 4.69) is 42.5 Å². The number of quaternary nitrogens is 1. The third kappa shape index (κ3) is 23.7. The number of carbonyl (C=O) groups excluding carboxylic acids is 6. The predicted molar refractivity (Wildman–Crippen MR) is 272 cm³/mol. The zero-order chi connectivity index (χ0) is 51.6. The minimum absolute atomic E-state index is 0.0267. The van der Waals surface area contributed by atoms with Gasteiger partial charge in [-0.1, -0.05) is 89.9 Å². The number of hydrogen-bond donors (Lipinski definition) is 4. The first-order chi connectivity index (χ1) is 34.0. The van der Waals surface area contributed by atoms with Crippen LogP contribution in [0.5, 0.6) is 23.0 Å². The molecule has 2 aromatic rings. The summed E-state index contributed by atoms with van der Waals surface area (Å²) in [6.07, 6.45) is 17.0. The summed E-state index contributed by atoms with van der Waals surface area (Å²) in [5, 5.41) is 25.4. The molecule has 0 saturated carbocycles. The summed E-state index contributed by atoms with van der Waals surface area (Å²) in [5.74, 6) is -1.53. The Hall–Kier alpha value is -4.62. The zero-order valence-corrected chi connectivity index (χ0v) is 45.0. The fraction of sp³-hybridized carbons (Fsp3) is 0.654. The summed E-state index contributed by atoms with van der Waals surface area (Å²) in [6.45, 7) is 1.60. The Balaban J connectivity index is 0.917. The molecule has 3 unspecified atom stereocenters. The number of phenolic OH excluding ortho intramolecular Hbond substituents is 2. The summed E-state index contributed by atoms with van der Waals surface area (Å²) in [6, 6.07) is 6.16. The van der Waals surface area contributed by atoms with E-state index < -0.39 is 30.2 Å². The van der Waals surface area contributed by atoms with E-state index in [1.165, 1.54) is 12.1 Å². The molecule has 2 heterocycles. The molecule has 4 rings (SSSR count). The summed E-state index contributed by atoms with van der Waals surface area (Å²) in [4.78, 5) is 73.8. The van der Waals surface area contributed by atoms with Crippen LogP contribution in [0.4, 0.5) is 9.59 Å². The molecule has 2 aromatic carbocycles. The lowest BCUT2D eigenvalue weighted by atomic mass is 9.93. The molecule has 2 aliphatic rings. The van der Waals surface area contributed by atoms with Crippen molar-refractivity contribution in [1.29, 1.82) is 0 Å². The van der Waals surface area contributed by atoms with Crippen molar-refractivity contribution in [3.05, 3.63) is 44.3 Å². The Kier molecular flexibility index (Phi) is 26.4. The van der Waals surface area contributed by atoms with Gasteiger partial charge in [-0.05, 0) is 69.7 Å². The number of benzene rings is 2. The van der Waals surface area contributed by atoms with Gasteiger partial charge in [0.25, 0.3) is 0 Å². The molecule has 0 aromatic heterocycles. The number of ether oxygens (including phenoxy) is 6. The number of esters is 4. The first-order valence-electron chi connectivity index (χ1n) is 25.4. The molecule has 0 fully saturated rings. The molecule has 2 aliphatic heterocycles. The van der Waals surface area contributed by atoms with Crippen molar-refractivity contribution in [3.8, 4) is 23.0 Å². The molecule has 0 aliphatic carbocycles. The normalized spacial score (nSPS) is 15.6. The first-order valence-corrected chi connectivity index (χ1v) is 27.0. The van der Waals surface area contributed by atoms with Crippen LogP contribution >= 0.6 is 31.9 Å². The van der Waals surface area contributed by atoms with Crippen molar-refractivity contribution in [2.24, 2.45) is 0 Å². The molecule has 71 heavy (non-hydrogen) atoms. The second kappa shape index (κ2) is 31.8. The molecule has 4 N–H and O–H groups in total. The third-order valence-corrected chi connectivity index (χ3v) is 13.6. The Morgan fingerprint density at radius 3 is 1.38 bits per heavy atom. The van der Waals surface area contributed by atoms with Crippen LogP contribution < -0.4 is 20.1 Å². The average Bonchev–Trinajstić information content (AvgIpc) is 3.30. The van der Waals surface area contributed by atoms with Crippen molar-refractivity contribution in [1.82, 2.24) is 10.6 Å². The minimum Gasteiger partial charge on any atom is -0.507 e. The smallest absolute Gasteiger partial charge is 0.407 e. The van der Waals surface area contributed by atoms with E-state index in [1.807, 2.05) is 21.1 Å². The number of phenols is 2. The number of carbonyl (C=O) groups is 6. The number of amides is 2. The van der Waals surface area contributed by atoms with Crippen molar-refractivity contribution < 1.29 is 71.9 Å². The Bertz CT molecular complexity index is 2050. The molecular formula is C52H76Br2N3O14+. The van der Waals surface area contributed by atoms with Crippen LogP contribution in [0.3, 0.4) is 0 Å². The van der Waals surface area contributed by atoms with Crippen molar-refractivity contribution >= 4 is 67.9 Å². The van der Waals surface area contributed by atoms with E-state index in [4.69, 9.17) is 28.4 Å². The van der Waals surface area contributed by atoms with E-state index in [0.717, 1.165) is 127 Å². The van der Waals surface area contributed by atoms with E-state index in [9.17, 15) is 39.0 Å². The zero-order valence-electron chi connectivity index (χ0n) is 41.8. The fourth-order valence-corrected chi connectivity index (χ4v) is 9.22. The number of alkyl carbamates (subject to hydrolysis) is 2. The summed E-state index contributed by atoms with van der Waals surface area (Å²) < 4.78 is 34.0. The number of likely N-dealkylation sites (N-methyl/N-ethyl adjacent to an activating group) is 1. The van der Waals surface area contributed by atoms with Gasteiger partial charge in [0.15, 0.2) is 6.10 Å². The van der Waals surface area contributed by atoms with Crippen LogP contribution in [0.1, 0.15) is 164 Å². The number of unbranched alkanes of at least 4 members (excludes halogenated alkanes) is 16. The number of aromatic hydroxyl groups is 2. The molecule has 3 atom stereocenters. The SMILES string of the molecule is C[N+](C)(C)CC(COC(=O)NCCCCCCCCCCCC(=O)OCC1CC(=O)Oc2cc(O)c(Br)cc21)OC(=O)NCCCCCCCCCCCC(=O)OCC1CC(=O)Oc2cc(O)c(Br)cc21. The Labute approximate surface area is 435 Å². The topological polar surface area (TPSA) is 222 Å². The lowest BCUT2D eigenvalue weighted by molar-refractivity contribution is -0.873. The first kappa shape index (κ1) is 58.9. The number of nitrogens with one attached hydrogen (secondary N) is 2. The molecule has 19 heteroatoms. The lowest BCUT2D eigenvalue weighted by Gasteiger charge is -2.28. The quantitative estimate of drug-likeness (QED) is 0.0172. The molecule has 17 nitrogen and oxygen atoms in total. The van der Waals surface area contributed by atoms with E-state index in [1.54, 1.807) is 12.1 Å². The molecule has 2 amide bonds. The molecule has 0 bridgehead atoms. The number of nitrogens with zero attached hydrogens (tertiary/aromatic N) is 1. The van der Waals surface area contributed by atoms with Gasteiger partial charge in [0.2, 0.25) is 0 Å². The second-order valence-corrected chi connectivity index (χ2v) is 21.3. The second-order valence-electron chi connectivity index (χ2n) is 19.6. The molecule has 396 valence electrons. The number of hydrogen-bond acceptors (Lipinski definition) is 14. The average molecular weight is 1130 g/mol. The van der Waals surface area contributed by atoms with Gasteiger partial charge in [-0.2, -0.15) is 0 Å². The van der Waals surface area contributed by atoms with Crippen LogP contribution in [0.25, 0.3) is 0 Å². The van der Waals surface area contributed by atoms with Crippen molar-refractivity contribution in [3.63, 3.8) is 0 Å². The maximum absolute atomic E-state index is 12.6. The maximum Gasteiger partial charge on any atom is 0.407 e. The van der Waals surface area contributed by atoms with Gasteiger partial charge in [-0.25, -0.2) is 9.59 Å². The molecule has 0 spiro atoms. The largest absolute Gasteiger partial charge is 0.507 e. The fourth-order valence-electron chi connectivity index (χ4n) is 8.50. The molecular weight excluding hydrogens is 1050 g/mol. The number of halogens is 2. The van der Waals surface area contributed by atoms with Crippen LogP contribution in [-0.4, -0.2) is 117 Å². The summed E-state index contributed by atoms with van der Waals surface area (Å²) >= 11 is 6.57. The minimum atomic E-state index is -0.600. The van der Waals surface area contributed by atoms with E-state index in [0.29, 0.717) is 45.9 Å². The van der Waals surface area contributed by atoms with Crippen molar-refractivity contribution in [2.45, 2.75) is 159 Å². The van der Waals surface area contributed by atoms with Crippen LogP contribution in [0, 0.1) is 0 Å². The Morgan fingerprint density at radius 2 is 0.972 bits per heavy atom. The van der Waals surface area contributed by atoms with Gasteiger partial charge in [0, 0.05) is 61.0 Å². The van der Waals surface area contributed by atoms with Crippen LogP contribution in [0.2, 0.25) is 0 Å². The van der Waals surface area contributed by atoms with Crippen LogP contribution in [-0.2, 0) is 38.1 Å². The van der Waals surface area contributed by atoms with Crippen molar-refractivity contribution in [2.75, 3.05) is 60.6 Å². The monoisotopic (exact) mass is 1120 g/mol. The predicted octanol–water partition coefficient (Wildman–Crippen LogP) is 10.5. The van der Waals surface area contributed by atoms with Gasteiger partial charge in [-0.15, -0.1) is 0 Å². The highest BCUT2D eigenvalue weighted by molar-refractivity contribution is 9.11. The Morgan fingerprint density at radius 1 is 0.592 bits per heavy atom.